The van der Waals surface area contributed by atoms with E-state index in [-0.39, 0.29) is 5.56 Å². The van der Waals surface area contributed by atoms with Gasteiger partial charge in [-0.05, 0) is 28.1 Å². The van der Waals surface area contributed by atoms with Gasteiger partial charge in [0.2, 0.25) is 11.1 Å². The third-order valence-corrected chi connectivity index (χ3v) is 5.12. The zero-order valence-corrected chi connectivity index (χ0v) is 15.2. The van der Waals surface area contributed by atoms with E-state index in [9.17, 15) is 9.18 Å². The topological polar surface area (TPSA) is 86.7 Å². The number of carbonyl (C=O) groups excluding carboxylic acids is 1. The van der Waals surface area contributed by atoms with Gasteiger partial charge in [0.1, 0.15) is 11.1 Å². The molecule has 0 fully saturated rings. The number of benzene rings is 2. The second-order valence-electron chi connectivity index (χ2n) is 5.17. The molecule has 0 aliphatic heterocycles. The number of carbonyl (C=O) groups is 1. The number of halogens is 2. The number of aromatic nitrogens is 4. The summed E-state index contributed by atoms with van der Waals surface area (Å²) in [5.74, 6) is -1.19. The summed E-state index contributed by atoms with van der Waals surface area (Å²) >= 11 is 4.21. The summed E-state index contributed by atoms with van der Waals surface area (Å²) in [5.41, 5.74) is 6.67. The predicted molar refractivity (Wildman–Crippen MR) is 95.3 cm³/mol. The first-order valence-corrected chi connectivity index (χ1v) is 8.93. The molecule has 6 nitrogen and oxygen atoms in total. The fraction of sp³-hybridized carbons (Fsp3) is 0.125. The maximum Gasteiger partial charge on any atom is 0.235 e. The predicted octanol–water partition coefficient (Wildman–Crippen LogP) is 2.94. The Labute approximate surface area is 155 Å². The van der Waals surface area contributed by atoms with E-state index in [1.54, 1.807) is 10.7 Å². The van der Waals surface area contributed by atoms with E-state index in [1.807, 2.05) is 30.3 Å². The van der Waals surface area contributed by atoms with Crippen molar-refractivity contribution in [2.45, 2.75) is 17.0 Å². The first kappa shape index (κ1) is 17.6. The first-order chi connectivity index (χ1) is 12.0. The normalized spacial score (nSPS) is 12.1. The zero-order valence-electron chi connectivity index (χ0n) is 12.8. The van der Waals surface area contributed by atoms with Crippen LogP contribution < -0.4 is 5.73 Å². The Hall–Kier alpha value is -2.26. The fourth-order valence-electron chi connectivity index (χ4n) is 2.23. The maximum atomic E-state index is 14.2. The smallest absolute Gasteiger partial charge is 0.235 e. The van der Waals surface area contributed by atoms with E-state index >= 15 is 0 Å². The van der Waals surface area contributed by atoms with Crippen LogP contribution in [0.15, 0.2) is 58.2 Å². The van der Waals surface area contributed by atoms with Crippen LogP contribution in [0.4, 0.5) is 4.39 Å². The highest BCUT2D eigenvalue weighted by atomic mass is 79.9. The molecule has 1 atom stereocenters. The van der Waals surface area contributed by atoms with Crippen LogP contribution in [0.3, 0.4) is 0 Å². The third-order valence-electron chi connectivity index (χ3n) is 3.40. The van der Waals surface area contributed by atoms with Gasteiger partial charge in [-0.1, -0.05) is 64.1 Å². The van der Waals surface area contributed by atoms with Crippen LogP contribution in [0, 0.1) is 5.82 Å². The Kier molecular flexibility index (Phi) is 5.44. The molecule has 1 heterocycles. The Morgan fingerprint density at radius 2 is 2.04 bits per heavy atom. The molecule has 1 aromatic heterocycles. The molecule has 2 aromatic carbocycles. The summed E-state index contributed by atoms with van der Waals surface area (Å²) < 4.78 is 16.4. The summed E-state index contributed by atoms with van der Waals surface area (Å²) in [4.78, 5) is 11.9. The van der Waals surface area contributed by atoms with E-state index in [0.717, 1.165) is 17.3 Å². The lowest BCUT2D eigenvalue weighted by Crippen LogP contribution is -2.20. The van der Waals surface area contributed by atoms with Gasteiger partial charge in [-0.25, -0.2) is 9.07 Å². The van der Waals surface area contributed by atoms with Crippen molar-refractivity contribution in [1.29, 1.82) is 0 Å². The van der Waals surface area contributed by atoms with Crippen LogP contribution in [0.25, 0.3) is 0 Å². The zero-order chi connectivity index (χ0) is 17.8. The van der Waals surface area contributed by atoms with Gasteiger partial charge in [0, 0.05) is 10.0 Å². The third kappa shape index (κ3) is 4.23. The minimum Gasteiger partial charge on any atom is -0.368 e. The highest BCUT2D eigenvalue weighted by molar-refractivity contribution is 9.10. The number of nitrogens with two attached hydrogens (primary N) is 1. The SMILES string of the molecule is NC(=O)C(Sc1nnnn1Cc1ccccc1)c1ccc(Br)cc1F. The van der Waals surface area contributed by atoms with E-state index < -0.39 is 17.0 Å². The van der Waals surface area contributed by atoms with Crippen molar-refractivity contribution >= 4 is 33.6 Å². The summed E-state index contributed by atoms with van der Waals surface area (Å²) in [6.45, 7) is 0.435. The average molecular weight is 422 g/mol. The molecular weight excluding hydrogens is 409 g/mol. The second-order valence-corrected chi connectivity index (χ2v) is 7.16. The molecule has 0 aliphatic carbocycles. The quantitative estimate of drug-likeness (QED) is 0.618. The molecule has 0 aliphatic rings. The fourth-order valence-corrected chi connectivity index (χ4v) is 3.52. The molecule has 3 aromatic rings. The lowest BCUT2D eigenvalue weighted by molar-refractivity contribution is -0.117. The molecule has 3 rings (SSSR count). The summed E-state index contributed by atoms with van der Waals surface area (Å²) in [5, 5.41) is 11.0. The Morgan fingerprint density at radius 3 is 2.72 bits per heavy atom. The Bertz CT molecular complexity index is 889. The van der Waals surface area contributed by atoms with Crippen molar-refractivity contribution in [2.75, 3.05) is 0 Å². The Balaban J connectivity index is 1.87. The van der Waals surface area contributed by atoms with Crippen molar-refractivity contribution < 1.29 is 9.18 Å². The van der Waals surface area contributed by atoms with Crippen LogP contribution in [-0.2, 0) is 11.3 Å². The number of thioether (sulfide) groups is 1. The number of hydrogen-bond acceptors (Lipinski definition) is 5. The number of nitrogens with zero attached hydrogens (tertiary/aromatic N) is 4. The van der Waals surface area contributed by atoms with Crippen LogP contribution in [-0.4, -0.2) is 26.1 Å². The molecule has 1 unspecified atom stereocenters. The van der Waals surface area contributed by atoms with Gasteiger partial charge in [0.25, 0.3) is 0 Å². The minimum absolute atomic E-state index is 0.190. The highest BCUT2D eigenvalue weighted by Gasteiger charge is 2.25. The van der Waals surface area contributed by atoms with E-state index in [4.69, 9.17) is 5.73 Å². The molecule has 0 saturated heterocycles. The number of amides is 1. The minimum atomic E-state index is -0.936. The molecule has 0 saturated carbocycles. The van der Waals surface area contributed by atoms with Gasteiger partial charge in [0.15, 0.2) is 0 Å². The van der Waals surface area contributed by atoms with Gasteiger partial charge in [-0.2, -0.15) is 0 Å². The van der Waals surface area contributed by atoms with Gasteiger partial charge in [-0.15, -0.1) is 5.10 Å². The lowest BCUT2D eigenvalue weighted by atomic mass is 10.1. The lowest BCUT2D eigenvalue weighted by Gasteiger charge is -2.14. The van der Waals surface area contributed by atoms with Crippen molar-refractivity contribution in [3.05, 3.63) is 69.9 Å². The van der Waals surface area contributed by atoms with Crippen LogP contribution >= 0.6 is 27.7 Å². The monoisotopic (exact) mass is 421 g/mol. The van der Waals surface area contributed by atoms with Gasteiger partial charge in [-0.3, -0.25) is 4.79 Å². The highest BCUT2D eigenvalue weighted by Crippen LogP contribution is 2.35. The van der Waals surface area contributed by atoms with E-state index in [1.165, 1.54) is 12.1 Å². The van der Waals surface area contributed by atoms with Crippen LogP contribution in [0.5, 0.6) is 0 Å². The number of hydrogen-bond donors (Lipinski definition) is 1. The molecular formula is C16H13BrFN5OS. The van der Waals surface area contributed by atoms with E-state index in [0.29, 0.717) is 16.2 Å². The van der Waals surface area contributed by atoms with Gasteiger partial charge in [0.05, 0.1) is 6.54 Å². The molecule has 0 bridgehead atoms. The first-order valence-electron chi connectivity index (χ1n) is 7.25. The molecule has 128 valence electrons. The summed E-state index contributed by atoms with van der Waals surface area (Å²) in [6, 6.07) is 14.1. The molecule has 1 amide bonds. The van der Waals surface area contributed by atoms with Crippen LogP contribution in [0.1, 0.15) is 16.4 Å². The van der Waals surface area contributed by atoms with Crippen LogP contribution in [0.2, 0.25) is 0 Å². The second kappa shape index (κ2) is 7.75. The maximum absolute atomic E-state index is 14.2. The van der Waals surface area contributed by atoms with Crippen molar-refractivity contribution in [2.24, 2.45) is 5.73 Å². The van der Waals surface area contributed by atoms with Gasteiger partial charge < -0.3 is 5.73 Å². The average Bonchev–Trinajstić information content (AvgIpc) is 3.01. The number of rotatable bonds is 6. The van der Waals surface area contributed by atoms with E-state index in [2.05, 4.69) is 31.5 Å². The summed E-state index contributed by atoms with van der Waals surface area (Å²) in [7, 11) is 0. The largest absolute Gasteiger partial charge is 0.368 e. The number of primary amides is 1. The molecule has 9 heteroatoms. The van der Waals surface area contributed by atoms with Crippen molar-refractivity contribution in [3.8, 4) is 0 Å². The van der Waals surface area contributed by atoms with Crippen molar-refractivity contribution in [1.82, 2.24) is 20.2 Å². The molecule has 2 N–H and O–H groups in total. The standard InChI is InChI=1S/C16H13BrFN5OS/c17-11-6-7-12(13(18)8-11)14(15(19)24)25-16-20-21-22-23(16)9-10-4-2-1-3-5-10/h1-8,14H,9H2,(H2,19,24). The Morgan fingerprint density at radius 1 is 1.28 bits per heavy atom. The summed E-state index contributed by atoms with van der Waals surface area (Å²) in [6.07, 6.45) is 0. The number of tetrazole rings is 1. The molecule has 25 heavy (non-hydrogen) atoms. The van der Waals surface area contributed by atoms with Crippen molar-refractivity contribution in [3.63, 3.8) is 0 Å². The molecule has 0 spiro atoms. The van der Waals surface area contributed by atoms with Gasteiger partial charge >= 0.3 is 0 Å². The molecule has 0 radical (unpaired) electrons.